The minimum Gasteiger partial charge on any atom is -0.491 e. The van der Waals surface area contributed by atoms with Crippen molar-refractivity contribution in [3.8, 4) is 22.6 Å². The topological polar surface area (TPSA) is 38.7 Å². The molecule has 1 fully saturated rings. The maximum Gasteiger partial charge on any atom is 0.165 e. The van der Waals surface area contributed by atoms with E-state index in [1.54, 1.807) is 54.6 Å². The first kappa shape index (κ1) is 29.7. The third kappa shape index (κ3) is 7.48. The van der Waals surface area contributed by atoms with Gasteiger partial charge in [0.05, 0.1) is 12.7 Å². The van der Waals surface area contributed by atoms with Crippen molar-refractivity contribution >= 4 is 0 Å². The molecule has 0 radical (unpaired) electrons. The summed E-state index contributed by atoms with van der Waals surface area (Å²) in [7, 11) is 0. The molecule has 1 atom stereocenters. The zero-order valence-corrected chi connectivity index (χ0v) is 23.2. The molecule has 1 unspecified atom stereocenters. The lowest BCUT2D eigenvalue weighted by Crippen LogP contribution is -2.25. The molecule has 4 rings (SSSR count). The highest BCUT2D eigenvalue weighted by Crippen LogP contribution is 2.39. The van der Waals surface area contributed by atoms with Crippen molar-refractivity contribution in [2.45, 2.75) is 76.9 Å². The van der Waals surface area contributed by atoms with E-state index in [-0.39, 0.29) is 35.9 Å². The molecule has 1 saturated carbocycles. The molecule has 3 nitrogen and oxygen atoms in total. The molecule has 1 aliphatic carbocycles. The molecule has 3 aromatic carbocycles. The zero-order chi connectivity index (χ0) is 28.5. The number of hydrogen-bond acceptors (Lipinski definition) is 3. The minimum absolute atomic E-state index is 0.0372. The first-order valence-electron chi connectivity index (χ1n) is 14.3. The summed E-state index contributed by atoms with van der Waals surface area (Å²) in [6.07, 6.45) is 7.96. The number of aliphatic hydroxyl groups excluding tert-OH is 1. The van der Waals surface area contributed by atoms with E-state index in [0.29, 0.717) is 23.5 Å². The third-order valence-corrected chi connectivity index (χ3v) is 7.86. The molecule has 0 amide bonds. The molecule has 3 aromatic rings. The Bertz CT molecular complexity index is 1250. The molecule has 214 valence electrons. The molecule has 0 spiro atoms. The van der Waals surface area contributed by atoms with Crippen LogP contribution in [0.3, 0.4) is 0 Å². The second kappa shape index (κ2) is 14.4. The largest absolute Gasteiger partial charge is 0.491 e. The molecule has 0 saturated heterocycles. The summed E-state index contributed by atoms with van der Waals surface area (Å²) in [5.74, 6) is -1.18. The van der Waals surface area contributed by atoms with Crippen LogP contribution in [-0.4, -0.2) is 17.8 Å². The summed E-state index contributed by atoms with van der Waals surface area (Å²) >= 11 is 0. The van der Waals surface area contributed by atoms with Gasteiger partial charge in [-0.3, -0.25) is 0 Å². The standard InChI is InChI=1S/C34H39F3O3/c1-3-5-6-20-39-32-19-15-26(21-30(32)35)23-12-16-28(17-13-23)40-22-27-14-18-29(34(37)33(27)36)24-8-10-25(11-9-24)31(38)7-4-2/h3,12-19,21,24-25,31,38H,1,4-11,20,22H2,2H3. The van der Waals surface area contributed by atoms with Crippen LogP contribution in [0.5, 0.6) is 11.5 Å². The Hall–Kier alpha value is -3.25. The predicted octanol–water partition coefficient (Wildman–Crippen LogP) is 9.13. The van der Waals surface area contributed by atoms with Crippen molar-refractivity contribution < 1.29 is 27.8 Å². The van der Waals surface area contributed by atoms with E-state index in [1.807, 2.05) is 0 Å². The number of ether oxygens (including phenoxy) is 2. The summed E-state index contributed by atoms with van der Waals surface area (Å²) in [6, 6.07) is 15.1. The summed E-state index contributed by atoms with van der Waals surface area (Å²) < 4.78 is 55.7. The Balaban J connectivity index is 1.33. The van der Waals surface area contributed by atoms with Crippen LogP contribution in [-0.2, 0) is 6.61 Å². The first-order chi connectivity index (χ1) is 19.4. The lowest BCUT2D eigenvalue weighted by molar-refractivity contribution is 0.0727. The summed E-state index contributed by atoms with van der Waals surface area (Å²) in [5.41, 5.74) is 2.06. The van der Waals surface area contributed by atoms with Crippen LogP contribution < -0.4 is 9.47 Å². The second-order valence-electron chi connectivity index (χ2n) is 10.6. The van der Waals surface area contributed by atoms with Crippen LogP contribution in [0.2, 0.25) is 0 Å². The number of benzene rings is 3. The maximum atomic E-state index is 15.0. The number of unbranched alkanes of at least 4 members (excludes halogenated alkanes) is 1. The van der Waals surface area contributed by atoms with Gasteiger partial charge in [-0.2, -0.15) is 0 Å². The molecule has 0 bridgehead atoms. The van der Waals surface area contributed by atoms with Gasteiger partial charge in [0.2, 0.25) is 0 Å². The monoisotopic (exact) mass is 552 g/mol. The van der Waals surface area contributed by atoms with Gasteiger partial charge in [0, 0.05) is 5.56 Å². The quantitative estimate of drug-likeness (QED) is 0.170. The fourth-order valence-corrected chi connectivity index (χ4v) is 5.49. The van der Waals surface area contributed by atoms with E-state index in [4.69, 9.17) is 9.47 Å². The smallest absolute Gasteiger partial charge is 0.165 e. The van der Waals surface area contributed by atoms with Gasteiger partial charge < -0.3 is 14.6 Å². The van der Waals surface area contributed by atoms with Gasteiger partial charge in [-0.15, -0.1) is 6.58 Å². The average Bonchev–Trinajstić information content (AvgIpc) is 2.97. The molecule has 6 heteroatoms. The van der Waals surface area contributed by atoms with E-state index in [2.05, 4.69) is 13.5 Å². The van der Waals surface area contributed by atoms with Crippen molar-refractivity contribution in [2.24, 2.45) is 5.92 Å². The number of allylic oxidation sites excluding steroid dienone is 1. The van der Waals surface area contributed by atoms with E-state index < -0.39 is 17.5 Å². The Labute approximate surface area is 235 Å². The lowest BCUT2D eigenvalue weighted by atomic mass is 9.76. The van der Waals surface area contributed by atoms with Crippen molar-refractivity contribution in [3.63, 3.8) is 0 Å². The van der Waals surface area contributed by atoms with E-state index in [1.165, 1.54) is 6.07 Å². The molecule has 0 aliphatic heterocycles. The first-order valence-corrected chi connectivity index (χ1v) is 14.3. The normalized spacial score (nSPS) is 17.8. The van der Waals surface area contributed by atoms with Crippen LogP contribution in [0, 0.1) is 23.4 Å². The average molecular weight is 553 g/mol. The van der Waals surface area contributed by atoms with Crippen LogP contribution >= 0.6 is 0 Å². The van der Waals surface area contributed by atoms with Gasteiger partial charge in [0.15, 0.2) is 23.2 Å². The Morgan fingerprint density at radius 2 is 1.65 bits per heavy atom. The number of hydrogen-bond donors (Lipinski definition) is 1. The molecular formula is C34H39F3O3. The van der Waals surface area contributed by atoms with E-state index in [0.717, 1.165) is 56.9 Å². The summed E-state index contributed by atoms with van der Waals surface area (Å²) in [4.78, 5) is 0. The van der Waals surface area contributed by atoms with Gasteiger partial charge >= 0.3 is 0 Å². The predicted molar refractivity (Wildman–Crippen MR) is 153 cm³/mol. The highest BCUT2D eigenvalue weighted by molar-refractivity contribution is 5.65. The SMILES string of the molecule is C=CCCCOc1ccc(-c2ccc(OCc3ccc(C4CCC(C(O)CCC)CC4)c(F)c3F)cc2)cc1F. The van der Waals surface area contributed by atoms with Crippen LogP contribution in [0.25, 0.3) is 11.1 Å². The van der Waals surface area contributed by atoms with Gasteiger partial charge in [-0.25, -0.2) is 13.2 Å². The van der Waals surface area contributed by atoms with Gasteiger partial charge in [0.25, 0.3) is 0 Å². The number of rotatable bonds is 13. The fourth-order valence-electron chi connectivity index (χ4n) is 5.49. The molecule has 1 aliphatic rings. The van der Waals surface area contributed by atoms with Crippen molar-refractivity contribution in [1.29, 1.82) is 0 Å². The highest BCUT2D eigenvalue weighted by Gasteiger charge is 2.29. The van der Waals surface area contributed by atoms with Gasteiger partial charge in [0.1, 0.15) is 12.4 Å². The highest BCUT2D eigenvalue weighted by atomic mass is 19.2. The van der Waals surface area contributed by atoms with Crippen LogP contribution in [0.15, 0.2) is 67.3 Å². The van der Waals surface area contributed by atoms with Crippen molar-refractivity contribution in [2.75, 3.05) is 6.61 Å². The molecule has 0 heterocycles. The Morgan fingerprint density at radius 1 is 0.925 bits per heavy atom. The zero-order valence-electron chi connectivity index (χ0n) is 23.2. The summed E-state index contributed by atoms with van der Waals surface area (Å²) in [6.45, 7) is 6.03. The Morgan fingerprint density at radius 3 is 2.33 bits per heavy atom. The maximum absolute atomic E-state index is 15.0. The minimum atomic E-state index is -0.871. The van der Waals surface area contributed by atoms with Crippen molar-refractivity contribution in [1.82, 2.24) is 0 Å². The second-order valence-corrected chi connectivity index (χ2v) is 10.6. The van der Waals surface area contributed by atoms with E-state index >= 15 is 4.39 Å². The molecule has 0 aromatic heterocycles. The van der Waals surface area contributed by atoms with Gasteiger partial charge in [-0.1, -0.05) is 49.8 Å². The number of aliphatic hydroxyl groups is 1. The molecular weight excluding hydrogens is 513 g/mol. The van der Waals surface area contributed by atoms with Gasteiger partial charge in [-0.05, 0) is 97.7 Å². The number of halogens is 3. The Kier molecular flexibility index (Phi) is 10.7. The fraction of sp³-hybridized carbons (Fsp3) is 0.412. The molecule has 1 N–H and O–H groups in total. The molecule has 40 heavy (non-hydrogen) atoms. The summed E-state index contributed by atoms with van der Waals surface area (Å²) in [5, 5.41) is 10.3. The lowest BCUT2D eigenvalue weighted by Gasteiger charge is -2.32. The van der Waals surface area contributed by atoms with E-state index in [9.17, 15) is 13.9 Å². The van der Waals surface area contributed by atoms with Crippen LogP contribution in [0.4, 0.5) is 13.2 Å². The van der Waals surface area contributed by atoms with Crippen LogP contribution in [0.1, 0.15) is 75.3 Å². The van der Waals surface area contributed by atoms with Crippen molar-refractivity contribution in [3.05, 3.63) is 95.8 Å². The third-order valence-electron chi connectivity index (χ3n) is 7.86.